The van der Waals surface area contributed by atoms with Crippen LogP contribution in [0.1, 0.15) is 0 Å². The van der Waals surface area contributed by atoms with Crippen molar-refractivity contribution in [3.63, 3.8) is 0 Å². The van der Waals surface area contributed by atoms with Crippen molar-refractivity contribution in [1.82, 2.24) is 4.98 Å². The van der Waals surface area contributed by atoms with Gasteiger partial charge in [0.25, 0.3) is 0 Å². The van der Waals surface area contributed by atoms with Crippen LogP contribution < -0.4 is 11.1 Å². The summed E-state index contributed by atoms with van der Waals surface area (Å²) in [5.41, 5.74) is 6.69. The third kappa shape index (κ3) is 2.95. The van der Waals surface area contributed by atoms with Crippen LogP contribution in [-0.4, -0.2) is 17.4 Å². The summed E-state index contributed by atoms with van der Waals surface area (Å²) in [6.07, 6.45) is 0. The number of nitrogens with one attached hydrogen (secondary N) is 1. The van der Waals surface area contributed by atoms with Gasteiger partial charge in [-0.2, -0.15) is 0 Å². The molecule has 2 aromatic rings. The average molecular weight is 268 g/mol. The Bertz CT molecular complexity index is 541. The van der Waals surface area contributed by atoms with Crippen molar-refractivity contribution in [2.45, 2.75) is 0 Å². The average Bonchev–Trinajstić information content (AvgIpc) is 2.75. The van der Waals surface area contributed by atoms with Crippen LogP contribution in [0.4, 0.5) is 5.13 Å². The van der Waals surface area contributed by atoms with E-state index in [0.717, 1.165) is 11.3 Å². The number of benzene rings is 1. The molecule has 0 saturated heterocycles. The molecule has 0 aliphatic heterocycles. The molecule has 0 fully saturated rings. The van der Waals surface area contributed by atoms with Crippen molar-refractivity contribution in [2.24, 2.45) is 5.73 Å². The minimum absolute atomic E-state index is 0.0788. The fourth-order valence-electron chi connectivity index (χ4n) is 1.31. The molecule has 0 aliphatic carbocycles. The number of thiazole rings is 1. The lowest BCUT2D eigenvalue weighted by atomic mass is 10.2. The molecule has 0 bridgehead atoms. The van der Waals surface area contributed by atoms with Crippen LogP contribution in [0.2, 0.25) is 5.02 Å². The van der Waals surface area contributed by atoms with Crippen molar-refractivity contribution < 1.29 is 4.79 Å². The number of hydrogen-bond donors (Lipinski definition) is 2. The number of carbonyl (C=O) groups is 1. The fraction of sp³-hybridized carbons (Fsp3) is 0.0909. The summed E-state index contributed by atoms with van der Waals surface area (Å²) in [7, 11) is 0. The number of nitrogens with zero attached hydrogens (tertiary/aromatic N) is 1. The number of amides is 1. The van der Waals surface area contributed by atoms with E-state index in [-0.39, 0.29) is 6.54 Å². The molecular weight excluding hydrogens is 258 g/mol. The molecular formula is C11H10ClN3OS. The highest BCUT2D eigenvalue weighted by Gasteiger charge is 2.07. The quantitative estimate of drug-likeness (QED) is 0.894. The zero-order chi connectivity index (χ0) is 12.3. The maximum Gasteiger partial charge on any atom is 0.236 e. The van der Waals surface area contributed by atoms with Crippen molar-refractivity contribution in [2.75, 3.05) is 11.9 Å². The summed E-state index contributed by atoms with van der Waals surface area (Å²) in [5, 5.41) is 6.03. The molecule has 1 aromatic carbocycles. The van der Waals surface area contributed by atoms with Crippen LogP contribution >= 0.6 is 22.9 Å². The first-order valence-corrected chi connectivity index (χ1v) is 6.15. The maximum atomic E-state index is 10.6. The molecule has 0 unspecified atom stereocenters. The first-order valence-electron chi connectivity index (χ1n) is 4.89. The standard InChI is InChI=1S/C11H10ClN3OS/c12-8-4-2-1-3-7(8)9-6-17-11(15-9)14-5-10(13)16/h1-4,6H,5H2,(H2,13,16)(H,14,15). The molecule has 1 heterocycles. The first-order chi connectivity index (χ1) is 8.16. The lowest BCUT2D eigenvalue weighted by molar-refractivity contribution is -0.116. The van der Waals surface area contributed by atoms with Crippen LogP contribution in [0.15, 0.2) is 29.6 Å². The molecule has 17 heavy (non-hydrogen) atoms. The Labute approximate surface area is 107 Å². The van der Waals surface area contributed by atoms with Gasteiger partial charge in [0.15, 0.2) is 5.13 Å². The van der Waals surface area contributed by atoms with E-state index in [4.69, 9.17) is 17.3 Å². The normalized spacial score (nSPS) is 10.2. The SMILES string of the molecule is NC(=O)CNc1nc(-c2ccccc2Cl)cs1. The van der Waals surface area contributed by atoms with Gasteiger partial charge < -0.3 is 11.1 Å². The van der Waals surface area contributed by atoms with Gasteiger partial charge in [-0.3, -0.25) is 4.79 Å². The monoisotopic (exact) mass is 267 g/mol. The third-order valence-corrected chi connectivity index (χ3v) is 3.20. The molecule has 1 amide bonds. The topological polar surface area (TPSA) is 68.0 Å². The number of halogens is 1. The highest BCUT2D eigenvalue weighted by molar-refractivity contribution is 7.14. The van der Waals surface area contributed by atoms with E-state index in [2.05, 4.69) is 10.3 Å². The number of hydrogen-bond acceptors (Lipinski definition) is 4. The van der Waals surface area contributed by atoms with Gasteiger partial charge in [-0.25, -0.2) is 4.98 Å². The van der Waals surface area contributed by atoms with Crippen molar-refractivity contribution in [1.29, 1.82) is 0 Å². The zero-order valence-electron chi connectivity index (χ0n) is 8.81. The Kier molecular flexibility index (Phi) is 3.61. The van der Waals surface area contributed by atoms with Gasteiger partial charge in [0, 0.05) is 16.0 Å². The summed E-state index contributed by atoms with van der Waals surface area (Å²) in [6, 6.07) is 7.48. The molecule has 4 nitrogen and oxygen atoms in total. The smallest absolute Gasteiger partial charge is 0.236 e. The van der Waals surface area contributed by atoms with Crippen molar-refractivity contribution >= 4 is 34.0 Å². The highest BCUT2D eigenvalue weighted by Crippen LogP contribution is 2.29. The lowest BCUT2D eigenvalue weighted by Crippen LogP contribution is -2.21. The molecule has 2 rings (SSSR count). The lowest BCUT2D eigenvalue weighted by Gasteiger charge is -1.99. The molecule has 6 heteroatoms. The summed E-state index contributed by atoms with van der Waals surface area (Å²) < 4.78 is 0. The van der Waals surface area contributed by atoms with Crippen LogP contribution in [0.3, 0.4) is 0 Å². The Morgan fingerprint density at radius 3 is 2.94 bits per heavy atom. The summed E-state index contributed by atoms with van der Waals surface area (Å²) in [6.45, 7) is 0.0788. The molecule has 88 valence electrons. The molecule has 0 saturated carbocycles. The molecule has 3 N–H and O–H groups in total. The molecule has 0 atom stereocenters. The fourth-order valence-corrected chi connectivity index (χ4v) is 2.25. The van der Waals surface area contributed by atoms with Crippen LogP contribution in [0.25, 0.3) is 11.3 Å². The van der Waals surface area contributed by atoms with Gasteiger partial charge >= 0.3 is 0 Å². The van der Waals surface area contributed by atoms with Gasteiger partial charge in [0.05, 0.1) is 12.2 Å². The zero-order valence-corrected chi connectivity index (χ0v) is 10.4. The number of primary amides is 1. The molecule has 0 aliphatic rings. The van der Waals surface area contributed by atoms with Gasteiger partial charge in [-0.1, -0.05) is 29.8 Å². The van der Waals surface area contributed by atoms with Crippen molar-refractivity contribution in [3.8, 4) is 11.3 Å². The minimum atomic E-state index is -0.417. The summed E-state index contributed by atoms with van der Waals surface area (Å²) in [5.74, 6) is -0.417. The Morgan fingerprint density at radius 1 is 1.47 bits per heavy atom. The van der Waals surface area contributed by atoms with Gasteiger partial charge in [0.1, 0.15) is 0 Å². The van der Waals surface area contributed by atoms with Crippen molar-refractivity contribution in [3.05, 3.63) is 34.7 Å². The van der Waals surface area contributed by atoms with E-state index < -0.39 is 5.91 Å². The van der Waals surface area contributed by atoms with Crippen LogP contribution in [-0.2, 0) is 4.79 Å². The summed E-state index contributed by atoms with van der Waals surface area (Å²) in [4.78, 5) is 14.9. The van der Waals surface area contributed by atoms with E-state index in [1.54, 1.807) is 0 Å². The van der Waals surface area contributed by atoms with E-state index >= 15 is 0 Å². The number of aromatic nitrogens is 1. The van der Waals surface area contributed by atoms with Gasteiger partial charge in [0.2, 0.25) is 5.91 Å². The number of carbonyl (C=O) groups excluding carboxylic acids is 1. The Hall–Kier alpha value is -1.59. The maximum absolute atomic E-state index is 10.6. The number of anilines is 1. The van der Waals surface area contributed by atoms with Crippen LogP contribution in [0.5, 0.6) is 0 Å². The predicted octanol–water partition coefficient (Wildman–Crippen LogP) is 2.36. The van der Waals surface area contributed by atoms with E-state index in [1.165, 1.54) is 11.3 Å². The van der Waals surface area contributed by atoms with Gasteiger partial charge in [-0.15, -0.1) is 11.3 Å². The molecule has 0 spiro atoms. The van der Waals surface area contributed by atoms with E-state index in [0.29, 0.717) is 10.2 Å². The van der Waals surface area contributed by atoms with Gasteiger partial charge in [-0.05, 0) is 6.07 Å². The number of nitrogens with two attached hydrogens (primary N) is 1. The predicted molar refractivity (Wildman–Crippen MR) is 70.2 cm³/mol. The minimum Gasteiger partial charge on any atom is -0.368 e. The largest absolute Gasteiger partial charge is 0.368 e. The summed E-state index contributed by atoms with van der Waals surface area (Å²) >= 11 is 7.47. The Balaban J connectivity index is 2.18. The second-order valence-electron chi connectivity index (χ2n) is 3.34. The van der Waals surface area contributed by atoms with E-state index in [9.17, 15) is 4.79 Å². The second-order valence-corrected chi connectivity index (χ2v) is 4.60. The van der Waals surface area contributed by atoms with Crippen LogP contribution in [0, 0.1) is 0 Å². The third-order valence-electron chi connectivity index (χ3n) is 2.07. The molecule has 0 radical (unpaired) electrons. The highest BCUT2D eigenvalue weighted by atomic mass is 35.5. The number of rotatable bonds is 4. The Morgan fingerprint density at radius 2 is 2.24 bits per heavy atom. The van der Waals surface area contributed by atoms with E-state index in [1.807, 2.05) is 29.6 Å². The first kappa shape index (κ1) is 11.9. The molecule has 1 aromatic heterocycles. The second kappa shape index (κ2) is 5.16.